The number of rotatable bonds is 8. The lowest BCUT2D eigenvalue weighted by molar-refractivity contribution is -0.139. The molecule has 19 heavy (non-hydrogen) atoms. The Bertz CT molecular complexity index is 420. The van der Waals surface area contributed by atoms with Gasteiger partial charge in [-0.05, 0) is 12.5 Å². The molecule has 0 bridgehead atoms. The van der Waals surface area contributed by atoms with E-state index in [0.29, 0.717) is 24.5 Å². The van der Waals surface area contributed by atoms with Gasteiger partial charge in [0.15, 0.2) is 0 Å². The van der Waals surface area contributed by atoms with Gasteiger partial charge in [-0.3, -0.25) is 4.79 Å². The van der Waals surface area contributed by atoms with Crippen LogP contribution in [-0.2, 0) is 11.3 Å². The summed E-state index contributed by atoms with van der Waals surface area (Å²) in [6, 6.07) is 4.95. The molecule has 5 nitrogen and oxygen atoms in total. The first kappa shape index (κ1) is 15.3. The standard InChI is InChI=1S/C14H21NO4/c1-4-5-12(14(16)17)15-9-10-6-7-11(18-2)8-13(10)19-3/h6-8,12,15H,4-5,9H2,1-3H3,(H,16,17). The molecule has 1 unspecified atom stereocenters. The Morgan fingerprint density at radius 1 is 1.37 bits per heavy atom. The van der Waals surface area contributed by atoms with E-state index in [1.807, 2.05) is 19.1 Å². The minimum atomic E-state index is -0.825. The number of carboxylic acids is 1. The van der Waals surface area contributed by atoms with Crippen molar-refractivity contribution in [2.45, 2.75) is 32.4 Å². The number of benzene rings is 1. The van der Waals surface area contributed by atoms with Crippen molar-refractivity contribution < 1.29 is 19.4 Å². The van der Waals surface area contributed by atoms with E-state index in [2.05, 4.69) is 5.32 Å². The summed E-state index contributed by atoms with van der Waals surface area (Å²) in [5.74, 6) is 0.575. The first-order chi connectivity index (χ1) is 9.12. The van der Waals surface area contributed by atoms with Crippen LogP contribution in [0.4, 0.5) is 0 Å². The van der Waals surface area contributed by atoms with Gasteiger partial charge < -0.3 is 19.9 Å². The van der Waals surface area contributed by atoms with Gasteiger partial charge in [0.25, 0.3) is 0 Å². The molecule has 0 saturated heterocycles. The van der Waals surface area contributed by atoms with Crippen molar-refractivity contribution in [1.82, 2.24) is 5.32 Å². The van der Waals surface area contributed by atoms with Crippen LogP contribution in [0.2, 0.25) is 0 Å². The van der Waals surface area contributed by atoms with Crippen molar-refractivity contribution in [3.63, 3.8) is 0 Å². The molecule has 1 rings (SSSR count). The van der Waals surface area contributed by atoms with E-state index >= 15 is 0 Å². The lowest BCUT2D eigenvalue weighted by atomic mass is 10.1. The molecule has 0 fully saturated rings. The average molecular weight is 267 g/mol. The predicted octanol–water partition coefficient (Wildman–Crippen LogP) is 2.05. The van der Waals surface area contributed by atoms with Crippen molar-refractivity contribution in [3.8, 4) is 11.5 Å². The Labute approximate surface area is 113 Å². The highest BCUT2D eigenvalue weighted by Gasteiger charge is 2.16. The summed E-state index contributed by atoms with van der Waals surface area (Å²) in [5.41, 5.74) is 0.908. The van der Waals surface area contributed by atoms with Crippen LogP contribution < -0.4 is 14.8 Å². The molecule has 5 heteroatoms. The maximum Gasteiger partial charge on any atom is 0.320 e. The zero-order valence-electron chi connectivity index (χ0n) is 11.6. The number of aliphatic carboxylic acids is 1. The molecule has 0 spiro atoms. The maximum atomic E-state index is 11.1. The summed E-state index contributed by atoms with van der Waals surface area (Å²) < 4.78 is 10.4. The molecule has 1 aromatic carbocycles. The fraction of sp³-hybridized carbons (Fsp3) is 0.500. The number of nitrogens with one attached hydrogen (secondary N) is 1. The first-order valence-electron chi connectivity index (χ1n) is 6.29. The predicted molar refractivity (Wildman–Crippen MR) is 72.7 cm³/mol. The molecule has 106 valence electrons. The number of carboxylic acid groups (broad SMARTS) is 1. The van der Waals surface area contributed by atoms with E-state index < -0.39 is 12.0 Å². The van der Waals surface area contributed by atoms with Crippen LogP contribution in [0.25, 0.3) is 0 Å². The third-order valence-electron chi connectivity index (χ3n) is 2.91. The summed E-state index contributed by atoms with van der Waals surface area (Å²) in [7, 11) is 3.17. The van der Waals surface area contributed by atoms with Crippen molar-refractivity contribution >= 4 is 5.97 Å². The van der Waals surface area contributed by atoms with Gasteiger partial charge in [0.1, 0.15) is 17.5 Å². The van der Waals surface area contributed by atoms with E-state index in [1.165, 1.54) is 0 Å². The number of hydrogen-bond donors (Lipinski definition) is 2. The average Bonchev–Trinajstić information content (AvgIpc) is 2.42. The monoisotopic (exact) mass is 267 g/mol. The molecule has 1 aromatic rings. The van der Waals surface area contributed by atoms with Gasteiger partial charge in [-0.25, -0.2) is 0 Å². The summed E-state index contributed by atoms with van der Waals surface area (Å²) in [6.45, 7) is 2.41. The molecule has 0 aliphatic carbocycles. The topological polar surface area (TPSA) is 67.8 Å². The number of ether oxygens (including phenoxy) is 2. The molecular weight excluding hydrogens is 246 g/mol. The molecule has 0 amide bonds. The third kappa shape index (κ3) is 4.44. The minimum Gasteiger partial charge on any atom is -0.497 e. The molecule has 0 heterocycles. The second-order valence-electron chi connectivity index (χ2n) is 4.24. The SMILES string of the molecule is CCCC(NCc1ccc(OC)cc1OC)C(=O)O. The highest BCUT2D eigenvalue weighted by atomic mass is 16.5. The van der Waals surface area contributed by atoms with Crippen molar-refractivity contribution in [1.29, 1.82) is 0 Å². The Kier molecular flexibility index (Phi) is 6.15. The largest absolute Gasteiger partial charge is 0.497 e. The van der Waals surface area contributed by atoms with Gasteiger partial charge in [0.05, 0.1) is 14.2 Å². The quantitative estimate of drug-likeness (QED) is 0.754. The van der Waals surface area contributed by atoms with Gasteiger partial charge in [0, 0.05) is 18.2 Å². The van der Waals surface area contributed by atoms with E-state index in [1.54, 1.807) is 20.3 Å². The van der Waals surface area contributed by atoms with Gasteiger partial charge in [-0.15, -0.1) is 0 Å². The van der Waals surface area contributed by atoms with Gasteiger partial charge in [-0.2, -0.15) is 0 Å². The van der Waals surface area contributed by atoms with Gasteiger partial charge in [-0.1, -0.05) is 19.4 Å². The Morgan fingerprint density at radius 2 is 2.11 bits per heavy atom. The minimum absolute atomic E-state index is 0.449. The summed E-state index contributed by atoms with van der Waals surface area (Å²) in [4.78, 5) is 11.1. The van der Waals surface area contributed by atoms with E-state index in [4.69, 9.17) is 14.6 Å². The Morgan fingerprint density at radius 3 is 2.63 bits per heavy atom. The first-order valence-corrected chi connectivity index (χ1v) is 6.29. The zero-order valence-corrected chi connectivity index (χ0v) is 11.6. The van der Waals surface area contributed by atoms with E-state index in [-0.39, 0.29) is 0 Å². The van der Waals surface area contributed by atoms with E-state index in [0.717, 1.165) is 12.0 Å². The van der Waals surface area contributed by atoms with Gasteiger partial charge >= 0.3 is 5.97 Å². The van der Waals surface area contributed by atoms with Crippen LogP contribution in [0.1, 0.15) is 25.3 Å². The fourth-order valence-electron chi connectivity index (χ4n) is 1.83. The highest BCUT2D eigenvalue weighted by molar-refractivity contribution is 5.73. The van der Waals surface area contributed by atoms with Crippen LogP contribution in [0, 0.1) is 0 Å². The second-order valence-corrected chi connectivity index (χ2v) is 4.24. The van der Waals surface area contributed by atoms with Crippen molar-refractivity contribution in [2.75, 3.05) is 14.2 Å². The van der Waals surface area contributed by atoms with Crippen LogP contribution >= 0.6 is 0 Å². The normalized spacial score (nSPS) is 11.9. The maximum absolute atomic E-state index is 11.1. The van der Waals surface area contributed by atoms with Crippen molar-refractivity contribution in [3.05, 3.63) is 23.8 Å². The number of methoxy groups -OCH3 is 2. The molecule has 1 atom stereocenters. The van der Waals surface area contributed by atoms with E-state index in [9.17, 15) is 4.79 Å². The van der Waals surface area contributed by atoms with Crippen LogP contribution in [-0.4, -0.2) is 31.3 Å². The Balaban J connectivity index is 2.73. The smallest absolute Gasteiger partial charge is 0.320 e. The zero-order chi connectivity index (χ0) is 14.3. The molecule has 2 N–H and O–H groups in total. The van der Waals surface area contributed by atoms with Gasteiger partial charge in [0.2, 0.25) is 0 Å². The lowest BCUT2D eigenvalue weighted by Crippen LogP contribution is -2.36. The van der Waals surface area contributed by atoms with Crippen LogP contribution in [0.3, 0.4) is 0 Å². The summed E-state index contributed by atoms with van der Waals surface area (Å²) in [6.07, 6.45) is 1.43. The van der Waals surface area contributed by atoms with Crippen LogP contribution in [0.5, 0.6) is 11.5 Å². The highest BCUT2D eigenvalue weighted by Crippen LogP contribution is 2.24. The second kappa shape index (κ2) is 7.63. The molecular formula is C14H21NO4. The molecule has 0 aliphatic heterocycles. The third-order valence-corrected chi connectivity index (χ3v) is 2.91. The summed E-state index contributed by atoms with van der Waals surface area (Å²) >= 11 is 0. The number of hydrogen-bond acceptors (Lipinski definition) is 4. The molecule has 0 aliphatic rings. The lowest BCUT2D eigenvalue weighted by Gasteiger charge is -2.15. The summed E-state index contributed by atoms with van der Waals surface area (Å²) in [5, 5.41) is 12.1. The van der Waals surface area contributed by atoms with Crippen LogP contribution in [0.15, 0.2) is 18.2 Å². The Hall–Kier alpha value is -1.75. The number of carbonyl (C=O) groups is 1. The van der Waals surface area contributed by atoms with Crippen molar-refractivity contribution in [2.24, 2.45) is 0 Å². The molecule has 0 aromatic heterocycles. The molecule has 0 radical (unpaired) electrons. The fourth-order valence-corrected chi connectivity index (χ4v) is 1.83. The molecule has 0 saturated carbocycles.